The molecule has 6 nitrogen and oxygen atoms in total. The van der Waals surface area contributed by atoms with Gasteiger partial charge in [-0.05, 0) is 43.3 Å². The molecule has 0 atom stereocenters. The quantitative estimate of drug-likeness (QED) is 0.252. The summed E-state index contributed by atoms with van der Waals surface area (Å²) in [6, 6.07) is 24.8. The predicted octanol–water partition coefficient (Wildman–Crippen LogP) is 6.12. The second kappa shape index (κ2) is 9.62. The number of rotatable bonds is 6. The number of anilines is 1. The van der Waals surface area contributed by atoms with Crippen LogP contribution in [0.2, 0.25) is 0 Å². The standard InChI is InChI=1S/C25H21BrN4O2/c1-16(21-14-20(32-2)12-13-24(21)31)29-30-25-27-22(17-6-4-3-5-7-17)15-23(28-25)18-8-10-19(26)11-9-18/h3-15,31H,1-2H3,(H,27,28,30)/b29-16+. The molecule has 0 aliphatic heterocycles. The summed E-state index contributed by atoms with van der Waals surface area (Å²) in [6.45, 7) is 1.79. The molecule has 0 aliphatic carbocycles. The first-order valence-electron chi connectivity index (χ1n) is 9.91. The van der Waals surface area contributed by atoms with E-state index in [2.05, 4.69) is 36.4 Å². The molecule has 0 unspecified atom stereocenters. The van der Waals surface area contributed by atoms with Gasteiger partial charge in [-0.1, -0.05) is 58.4 Å². The maximum Gasteiger partial charge on any atom is 0.244 e. The Hall–Kier alpha value is -3.71. The van der Waals surface area contributed by atoms with Crippen molar-refractivity contribution in [2.24, 2.45) is 5.10 Å². The Morgan fingerprint density at radius 1 is 0.906 bits per heavy atom. The summed E-state index contributed by atoms with van der Waals surface area (Å²) in [6.07, 6.45) is 0. The number of nitrogens with one attached hydrogen (secondary N) is 1. The minimum absolute atomic E-state index is 0.114. The summed E-state index contributed by atoms with van der Waals surface area (Å²) in [7, 11) is 1.58. The van der Waals surface area contributed by atoms with E-state index in [9.17, 15) is 5.11 Å². The van der Waals surface area contributed by atoms with Crippen molar-refractivity contribution in [1.82, 2.24) is 9.97 Å². The molecule has 7 heteroatoms. The summed E-state index contributed by atoms with van der Waals surface area (Å²) < 4.78 is 6.24. The summed E-state index contributed by atoms with van der Waals surface area (Å²) in [5, 5.41) is 14.6. The molecular formula is C25H21BrN4O2. The normalized spacial score (nSPS) is 11.3. The molecule has 0 amide bonds. The van der Waals surface area contributed by atoms with Crippen molar-refractivity contribution in [2.75, 3.05) is 12.5 Å². The smallest absolute Gasteiger partial charge is 0.244 e. The zero-order chi connectivity index (χ0) is 22.5. The Balaban J connectivity index is 1.72. The van der Waals surface area contributed by atoms with Gasteiger partial charge in [0.05, 0.1) is 24.2 Å². The van der Waals surface area contributed by atoms with E-state index in [1.165, 1.54) is 0 Å². The number of halogens is 1. The first-order valence-corrected chi connectivity index (χ1v) is 10.7. The third kappa shape index (κ3) is 4.95. The Labute approximate surface area is 194 Å². The van der Waals surface area contributed by atoms with Gasteiger partial charge in [0.2, 0.25) is 5.95 Å². The summed E-state index contributed by atoms with van der Waals surface area (Å²) in [5.74, 6) is 1.10. The molecule has 0 bridgehead atoms. The van der Waals surface area contributed by atoms with Gasteiger partial charge in [-0.25, -0.2) is 15.4 Å². The van der Waals surface area contributed by atoms with Crippen LogP contribution in [0.3, 0.4) is 0 Å². The lowest BCUT2D eigenvalue weighted by atomic mass is 10.1. The largest absolute Gasteiger partial charge is 0.507 e. The Morgan fingerprint density at radius 3 is 2.22 bits per heavy atom. The van der Waals surface area contributed by atoms with E-state index in [4.69, 9.17) is 4.74 Å². The highest BCUT2D eigenvalue weighted by Crippen LogP contribution is 2.27. The van der Waals surface area contributed by atoms with Crippen LogP contribution in [0.5, 0.6) is 11.5 Å². The van der Waals surface area contributed by atoms with Crippen molar-refractivity contribution in [2.45, 2.75) is 6.92 Å². The second-order valence-electron chi connectivity index (χ2n) is 7.03. The average Bonchev–Trinajstić information content (AvgIpc) is 2.83. The monoisotopic (exact) mass is 488 g/mol. The van der Waals surface area contributed by atoms with Crippen molar-refractivity contribution in [1.29, 1.82) is 0 Å². The highest BCUT2D eigenvalue weighted by Gasteiger charge is 2.10. The molecule has 3 aromatic carbocycles. The summed E-state index contributed by atoms with van der Waals surface area (Å²) >= 11 is 3.47. The maximum absolute atomic E-state index is 10.2. The molecule has 160 valence electrons. The topological polar surface area (TPSA) is 79.6 Å². The first-order chi connectivity index (χ1) is 15.5. The molecule has 0 radical (unpaired) electrons. The van der Waals surface area contributed by atoms with Crippen LogP contribution in [0.4, 0.5) is 5.95 Å². The third-order valence-electron chi connectivity index (χ3n) is 4.85. The van der Waals surface area contributed by atoms with Crippen LogP contribution in [0.15, 0.2) is 88.4 Å². The molecule has 0 fully saturated rings. The third-order valence-corrected chi connectivity index (χ3v) is 5.38. The van der Waals surface area contributed by atoms with E-state index < -0.39 is 0 Å². The van der Waals surface area contributed by atoms with Crippen LogP contribution in [-0.2, 0) is 0 Å². The first kappa shape index (κ1) is 21.5. The fourth-order valence-corrected chi connectivity index (χ4v) is 3.41. The highest BCUT2D eigenvalue weighted by molar-refractivity contribution is 9.10. The minimum atomic E-state index is 0.114. The number of hydrogen-bond acceptors (Lipinski definition) is 6. The number of phenols is 1. The number of phenolic OH excluding ortho intramolecular Hbond substituents is 1. The van der Waals surface area contributed by atoms with Gasteiger partial charge in [-0.3, -0.25) is 0 Å². The molecule has 0 saturated heterocycles. The molecule has 4 rings (SSSR count). The number of aromatic nitrogens is 2. The number of hydrazone groups is 1. The molecule has 0 aliphatic rings. The van der Waals surface area contributed by atoms with Crippen molar-refractivity contribution >= 4 is 27.6 Å². The number of nitrogens with zero attached hydrogens (tertiary/aromatic N) is 3. The van der Waals surface area contributed by atoms with Crippen LogP contribution in [-0.4, -0.2) is 27.9 Å². The second-order valence-corrected chi connectivity index (χ2v) is 7.94. The van der Waals surface area contributed by atoms with Gasteiger partial charge in [-0.15, -0.1) is 0 Å². The Bertz CT molecular complexity index is 1260. The highest BCUT2D eigenvalue weighted by atomic mass is 79.9. The van der Waals surface area contributed by atoms with Gasteiger partial charge in [-0.2, -0.15) is 5.10 Å². The molecule has 2 N–H and O–H groups in total. The molecule has 0 saturated carbocycles. The van der Waals surface area contributed by atoms with Crippen molar-refractivity contribution in [3.8, 4) is 34.0 Å². The molecule has 1 aromatic heterocycles. The number of methoxy groups -OCH3 is 1. The molecule has 32 heavy (non-hydrogen) atoms. The van der Waals surface area contributed by atoms with Gasteiger partial charge < -0.3 is 9.84 Å². The fraction of sp³-hybridized carbons (Fsp3) is 0.0800. The van der Waals surface area contributed by atoms with E-state index in [-0.39, 0.29) is 5.75 Å². The van der Waals surface area contributed by atoms with E-state index in [0.29, 0.717) is 23.0 Å². The van der Waals surface area contributed by atoms with Gasteiger partial charge in [0.15, 0.2) is 0 Å². The lowest BCUT2D eigenvalue weighted by Gasteiger charge is -2.10. The van der Waals surface area contributed by atoms with Gasteiger partial charge in [0, 0.05) is 21.2 Å². The van der Waals surface area contributed by atoms with Crippen molar-refractivity contribution in [3.63, 3.8) is 0 Å². The molecule has 4 aromatic rings. The van der Waals surface area contributed by atoms with Crippen molar-refractivity contribution in [3.05, 3.63) is 88.9 Å². The van der Waals surface area contributed by atoms with Crippen molar-refractivity contribution < 1.29 is 9.84 Å². The van der Waals surface area contributed by atoms with Gasteiger partial charge in [0.1, 0.15) is 11.5 Å². The molecule has 0 spiro atoms. The van der Waals surface area contributed by atoms with Gasteiger partial charge >= 0.3 is 0 Å². The van der Waals surface area contributed by atoms with Crippen LogP contribution in [0.1, 0.15) is 12.5 Å². The maximum atomic E-state index is 10.2. The molecular weight excluding hydrogens is 468 g/mol. The Kier molecular flexibility index (Phi) is 6.47. The van der Waals surface area contributed by atoms with Crippen LogP contribution in [0.25, 0.3) is 22.5 Å². The number of aromatic hydroxyl groups is 1. The fourth-order valence-electron chi connectivity index (χ4n) is 3.15. The van der Waals surface area contributed by atoms with E-state index in [1.807, 2.05) is 60.7 Å². The van der Waals surface area contributed by atoms with Crippen LogP contribution in [0, 0.1) is 0 Å². The number of benzene rings is 3. The zero-order valence-corrected chi connectivity index (χ0v) is 19.2. The summed E-state index contributed by atoms with van der Waals surface area (Å²) in [5.41, 5.74) is 7.55. The zero-order valence-electron chi connectivity index (χ0n) is 17.6. The Morgan fingerprint density at radius 2 is 1.56 bits per heavy atom. The van der Waals surface area contributed by atoms with Crippen LogP contribution >= 0.6 is 15.9 Å². The summed E-state index contributed by atoms with van der Waals surface area (Å²) in [4.78, 5) is 9.29. The van der Waals surface area contributed by atoms with Gasteiger partial charge in [0.25, 0.3) is 0 Å². The van der Waals surface area contributed by atoms with E-state index in [0.717, 1.165) is 27.0 Å². The lowest BCUT2D eigenvalue weighted by Crippen LogP contribution is -2.04. The van der Waals surface area contributed by atoms with Crippen LogP contribution < -0.4 is 10.2 Å². The number of ether oxygens (including phenoxy) is 1. The average molecular weight is 489 g/mol. The SMILES string of the molecule is COc1ccc(O)c(/C(C)=N/Nc2nc(-c3ccccc3)cc(-c3ccc(Br)cc3)n2)c1. The van der Waals surface area contributed by atoms with E-state index >= 15 is 0 Å². The molecule has 1 heterocycles. The number of hydrogen-bond donors (Lipinski definition) is 2. The minimum Gasteiger partial charge on any atom is -0.507 e. The van der Waals surface area contributed by atoms with E-state index in [1.54, 1.807) is 32.2 Å². The predicted molar refractivity (Wildman–Crippen MR) is 131 cm³/mol. The lowest BCUT2D eigenvalue weighted by molar-refractivity contribution is 0.412.